The van der Waals surface area contributed by atoms with Gasteiger partial charge in [-0.1, -0.05) is 19.3 Å². The van der Waals surface area contributed by atoms with Gasteiger partial charge in [0.2, 0.25) is 5.91 Å². The Morgan fingerprint density at radius 2 is 2.05 bits per heavy atom. The molecule has 1 unspecified atom stereocenters. The second kappa shape index (κ2) is 6.71. The molecule has 110 valence electrons. The van der Waals surface area contributed by atoms with E-state index in [9.17, 15) is 4.79 Å². The Bertz CT molecular complexity index is 301. The van der Waals surface area contributed by atoms with Gasteiger partial charge in [-0.05, 0) is 38.1 Å². The molecule has 0 aromatic carbocycles. The highest BCUT2D eigenvalue weighted by molar-refractivity contribution is 5.77. The van der Waals surface area contributed by atoms with Gasteiger partial charge in [-0.2, -0.15) is 0 Å². The van der Waals surface area contributed by atoms with Crippen LogP contribution in [0.15, 0.2) is 0 Å². The molecule has 0 radical (unpaired) electrons. The largest absolute Gasteiger partial charge is 0.377 e. The lowest BCUT2D eigenvalue weighted by Crippen LogP contribution is -2.42. The monoisotopic (exact) mass is 268 g/mol. The lowest BCUT2D eigenvalue weighted by molar-refractivity contribution is -0.134. The van der Waals surface area contributed by atoms with Gasteiger partial charge in [-0.25, -0.2) is 0 Å². The van der Waals surface area contributed by atoms with Crippen molar-refractivity contribution in [3.05, 3.63) is 0 Å². The molecule has 1 saturated carbocycles. The highest BCUT2D eigenvalue weighted by Crippen LogP contribution is 2.38. The molecule has 0 bridgehead atoms. The molecule has 4 heteroatoms. The van der Waals surface area contributed by atoms with E-state index in [-0.39, 0.29) is 17.4 Å². The number of hydrogen-bond donors (Lipinski definition) is 1. The maximum atomic E-state index is 12.5. The molecular weight excluding hydrogens is 240 g/mol. The van der Waals surface area contributed by atoms with Gasteiger partial charge in [-0.15, -0.1) is 0 Å². The average molecular weight is 268 g/mol. The Hall–Kier alpha value is -0.610. The summed E-state index contributed by atoms with van der Waals surface area (Å²) in [7, 11) is 0. The van der Waals surface area contributed by atoms with Crippen LogP contribution in [-0.4, -0.2) is 43.2 Å². The third-order valence-electron chi connectivity index (χ3n) is 4.68. The number of amides is 1. The number of ether oxygens (including phenoxy) is 1. The van der Waals surface area contributed by atoms with Crippen LogP contribution in [0.25, 0.3) is 0 Å². The quantitative estimate of drug-likeness (QED) is 0.851. The summed E-state index contributed by atoms with van der Waals surface area (Å²) in [4.78, 5) is 14.5. The second-order valence-corrected chi connectivity index (χ2v) is 6.32. The van der Waals surface area contributed by atoms with Gasteiger partial charge in [0, 0.05) is 26.1 Å². The Kier molecular flexibility index (Phi) is 5.22. The van der Waals surface area contributed by atoms with Crippen molar-refractivity contribution in [3.63, 3.8) is 0 Å². The van der Waals surface area contributed by atoms with E-state index in [0.717, 1.165) is 39.0 Å². The maximum Gasteiger partial charge on any atom is 0.223 e. The Morgan fingerprint density at radius 3 is 2.74 bits per heavy atom. The van der Waals surface area contributed by atoms with Crippen LogP contribution in [0.2, 0.25) is 0 Å². The summed E-state index contributed by atoms with van der Waals surface area (Å²) in [6.07, 6.45) is 7.73. The van der Waals surface area contributed by atoms with E-state index in [1.54, 1.807) is 0 Å². The summed E-state index contributed by atoms with van der Waals surface area (Å²) >= 11 is 0. The van der Waals surface area contributed by atoms with E-state index < -0.39 is 0 Å². The smallest absolute Gasteiger partial charge is 0.223 e. The first kappa shape index (κ1) is 14.8. The summed E-state index contributed by atoms with van der Waals surface area (Å²) in [6, 6.07) is 0. The molecular formula is C15H28N2O2. The van der Waals surface area contributed by atoms with Crippen LogP contribution in [0.5, 0.6) is 0 Å². The van der Waals surface area contributed by atoms with E-state index in [0.29, 0.717) is 13.0 Å². The van der Waals surface area contributed by atoms with Gasteiger partial charge < -0.3 is 15.4 Å². The van der Waals surface area contributed by atoms with E-state index in [4.69, 9.17) is 10.5 Å². The molecule has 19 heavy (non-hydrogen) atoms. The number of carbonyl (C=O) groups is 1. The molecule has 0 spiro atoms. The summed E-state index contributed by atoms with van der Waals surface area (Å²) in [5, 5.41) is 0. The fraction of sp³-hybridized carbons (Fsp3) is 0.933. The van der Waals surface area contributed by atoms with Gasteiger partial charge in [0.25, 0.3) is 0 Å². The molecule has 2 N–H and O–H groups in total. The van der Waals surface area contributed by atoms with Crippen molar-refractivity contribution in [3.8, 4) is 0 Å². The topological polar surface area (TPSA) is 55.6 Å². The Morgan fingerprint density at radius 1 is 1.32 bits per heavy atom. The first-order chi connectivity index (χ1) is 9.15. The fourth-order valence-electron chi connectivity index (χ4n) is 3.41. The number of rotatable bonds is 3. The minimum absolute atomic E-state index is 0.0751. The zero-order valence-corrected chi connectivity index (χ0v) is 12.2. The predicted molar refractivity (Wildman–Crippen MR) is 75.8 cm³/mol. The van der Waals surface area contributed by atoms with Crippen molar-refractivity contribution in [2.24, 2.45) is 11.1 Å². The molecule has 1 atom stereocenters. The van der Waals surface area contributed by atoms with Crippen LogP contribution in [0.1, 0.15) is 51.9 Å². The van der Waals surface area contributed by atoms with Crippen molar-refractivity contribution in [1.29, 1.82) is 0 Å². The van der Waals surface area contributed by atoms with Crippen LogP contribution in [-0.2, 0) is 9.53 Å². The first-order valence-electron chi connectivity index (χ1n) is 7.75. The minimum atomic E-state index is 0.0751. The van der Waals surface area contributed by atoms with Crippen LogP contribution in [0.4, 0.5) is 0 Å². The van der Waals surface area contributed by atoms with Crippen molar-refractivity contribution in [1.82, 2.24) is 4.90 Å². The van der Waals surface area contributed by atoms with E-state index in [2.05, 4.69) is 0 Å². The van der Waals surface area contributed by atoms with Gasteiger partial charge in [0.15, 0.2) is 0 Å². The van der Waals surface area contributed by atoms with Crippen molar-refractivity contribution >= 4 is 5.91 Å². The molecule has 1 amide bonds. The van der Waals surface area contributed by atoms with Crippen LogP contribution in [0, 0.1) is 5.41 Å². The number of carbonyl (C=O) groups excluding carboxylic acids is 1. The second-order valence-electron chi connectivity index (χ2n) is 6.32. The molecule has 1 aliphatic heterocycles. The standard InChI is InChI=1S/C15H28N2O2/c1-13-11-17(8-5-9-19-13)14(18)10-15(12-16)6-3-2-4-7-15/h13H,2-12,16H2,1H3. The Labute approximate surface area is 116 Å². The normalized spacial score (nSPS) is 27.9. The molecule has 1 heterocycles. The van der Waals surface area contributed by atoms with Crippen LogP contribution < -0.4 is 5.73 Å². The van der Waals surface area contributed by atoms with Gasteiger partial charge in [0.1, 0.15) is 0 Å². The zero-order chi connectivity index (χ0) is 13.7. The molecule has 0 aromatic rings. The summed E-state index contributed by atoms with van der Waals surface area (Å²) in [5.41, 5.74) is 6.05. The lowest BCUT2D eigenvalue weighted by atomic mass is 9.71. The third kappa shape index (κ3) is 3.93. The van der Waals surface area contributed by atoms with Gasteiger partial charge in [0.05, 0.1) is 6.10 Å². The first-order valence-corrected chi connectivity index (χ1v) is 7.75. The highest BCUT2D eigenvalue weighted by Gasteiger charge is 2.34. The zero-order valence-electron chi connectivity index (χ0n) is 12.2. The highest BCUT2D eigenvalue weighted by atomic mass is 16.5. The number of hydrogen-bond acceptors (Lipinski definition) is 3. The molecule has 2 rings (SSSR count). The van der Waals surface area contributed by atoms with Gasteiger partial charge >= 0.3 is 0 Å². The maximum absolute atomic E-state index is 12.5. The number of nitrogens with two attached hydrogens (primary N) is 1. The summed E-state index contributed by atoms with van der Waals surface area (Å²) in [6.45, 7) is 5.04. The van der Waals surface area contributed by atoms with Crippen molar-refractivity contribution < 1.29 is 9.53 Å². The van der Waals surface area contributed by atoms with Crippen LogP contribution in [0.3, 0.4) is 0 Å². The predicted octanol–water partition coefficient (Wildman–Crippen LogP) is 1.92. The molecule has 1 saturated heterocycles. The molecule has 4 nitrogen and oxygen atoms in total. The van der Waals surface area contributed by atoms with E-state index >= 15 is 0 Å². The minimum Gasteiger partial charge on any atom is -0.377 e. The third-order valence-corrected chi connectivity index (χ3v) is 4.68. The summed E-state index contributed by atoms with van der Waals surface area (Å²) in [5.74, 6) is 0.282. The number of nitrogens with zero attached hydrogens (tertiary/aromatic N) is 1. The fourth-order valence-corrected chi connectivity index (χ4v) is 3.41. The SMILES string of the molecule is CC1CN(C(=O)CC2(CN)CCCCC2)CCCO1. The average Bonchev–Trinajstić information content (AvgIpc) is 2.64. The molecule has 2 fully saturated rings. The lowest BCUT2D eigenvalue weighted by Gasteiger charge is -2.37. The van der Waals surface area contributed by atoms with Crippen LogP contribution >= 0.6 is 0 Å². The summed E-state index contributed by atoms with van der Waals surface area (Å²) < 4.78 is 5.61. The Balaban J connectivity index is 1.94. The molecule has 1 aliphatic carbocycles. The van der Waals surface area contributed by atoms with Crippen molar-refractivity contribution in [2.45, 2.75) is 58.0 Å². The van der Waals surface area contributed by atoms with E-state index in [1.165, 1.54) is 19.3 Å². The van der Waals surface area contributed by atoms with E-state index in [1.807, 2.05) is 11.8 Å². The molecule has 0 aromatic heterocycles. The van der Waals surface area contributed by atoms with Crippen molar-refractivity contribution in [2.75, 3.05) is 26.2 Å². The molecule has 2 aliphatic rings. The van der Waals surface area contributed by atoms with Gasteiger partial charge in [-0.3, -0.25) is 4.79 Å².